The molecule has 1 aliphatic carbocycles. The lowest BCUT2D eigenvalue weighted by Gasteiger charge is -2.21. The van der Waals surface area contributed by atoms with Crippen LogP contribution in [-0.2, 0) is 4.79 Å². The summed E-state index contributed by atoms with van der Waals surface area (Å²) in [4.78, 5) is 17.5. The maximum atomic E-state index is 10.8. The standard InChI is InChI=1S/C11H15N3O2S/c15-9(16)6-8-2-1-5-14(8)11-12-10(13-17-11)7-3-4-7/h7-8H,1-6H2,(H,15,16). The molecule has 1 aromatic rings. The molecular weight excluding hydrogens is 238 g/mol. The summed E-state index contributed by atoms with van der Waals surface area (Å²) in [6.07, 6.45) is 4.61. The number of nitrogens with zero attached hydrogens (tertiary/aromatic N) is 3. The Hall–Kier alpha value is -1.17. The molecule has 1 aromatic heterocycles. The smallest absolute Gasteiger partial charge is 0.305 e. The second-order valence-electron chi connectivity index (χ2n) is 4.80. The van der Waals surface area contributed by atoms with Crippen LogP contribution in [0.4, 0.5) is 5.13 Å². The van der Waals surface area contributed by atoms with E-state index in [1.165, 1.54) is 24.4 Å². The Morgan fingerprint density at radius 1 is 1.47 bits per heavy atom. The number of carboxylic acids is 1. The second-order valence-corrected chi connectivity index (χ2v) is 5.53. The summed E-state index contributed by atoms with van der Waals surface area (Å²) in [5.74, 6) is 0.806. The van der Waals surface area contributed by atoms with Gasteiger partial charge in [-0.05, 0) is 25.7 Å². The van der Waals surface area contributed by atoms with Crippen molar-refractivity contribution >= 4 is 22.6 Å². The van der Waals surface area contributed by atoms with E-state index in [1.807, 2.05) is 0 Å². The average molecular weight is 253 g/mol. The van der Waals surface area contributed by atoms with Crippen molar-refractivity contribution in [2.24, 2.45) is 0 Å². The summed E-state index contributed by atoms with van der Waals surface area (Å²) < 4.78 is 4.38. The average Bonchev–Trinajstić information content (AvgIpc) is 2.85. The first-order valence-electron chi connectivity index (χ1n) is 6.06. The maximum absolute atomic E-state index is 10.8. The number of rotatable bonds is 4. The third-order valence-corrected chi connectivity index (χ3v) is 4.17. The van der Waals surface area contributed by atoms with Gasteiger partial charge in [0.1, 0.15) is 5.82 Å². The summed E-state index contributed by atoms with van der Waals surface area (Å²) in [6.45, 7) is 0.914. The van der Waals surface area contributed by atoms with Crippen molar-refractivity contribution in [3.63, 3.8) is 0 Å². The molecule has 92 valence electrons. The van der Waals surface area contributed by atoms with Gasteiger partial charge in [0.15, 0.2) is 0 Å². The fourth-order valence-corrected chi connectivity index (χ4v) is 3.20. The molecule has 1 aliphatic heterocycles. The van der Waals surface area contributed by atoms with Crippen molar-refractivity contribution in [3.8, 4) is 0 Å². The molecule has 0 aromatic carbocycles. The van der Waals surface area contributed by atoms with Crippen molar-refractivity contribution in [1.82, 2.24) is 9.36 Å². The van der Waals surface area contributed by atoms with Crippen LogP contribution < -0.4 is 4.90 Å². The normalized spacial score (nSPS) is 24.2. The van der Waals surface area contributed by atoms with Gasteiger partial charge in [0.2, 0.25) is 5.13 Å². The Kier molecular flexibility index (Phi) is 2.74. The molecule has 3 rings (SSSR count). The van der Waals surface area contributed by atoms with E-state index in [0.717, 1.165) is 30.3 Å². The van der Waals surface area contributed by atoms with Gasteiger partial charge < -0.3 is 10.0 Å². The number of anilines is 1. The van der Waals surface area contributed by atoms with Crippen LogP contribution >= 0.6 is 11.5 Å². The first-order chi connectivity index (χ1) is 8.24. The first-order valence-corrected chi connectivity index (χ1v) is 6.83. The third-order valence-electron chi connectivity index (χ3n) is 3.41. The van der Waals surface area contributed by atoms with Crippen molar-refractivity contribution in [1.29, 1.82) is 0 Å². The van der Waals surface area contributed by atoms with Crippen LogP contribution in [0.5, 0.6) is 0 Å². The van der Waals surface area contributed by atoms with Crippen LogP contribution in [0, 0.1) is 0 Å². The van der Waals surface area contributed by atoms with Crippen LogP contribution in [0.1, 0.15) is 43.8 Å². The summed E-state index contributed by atoms with van der Waals surface area (Å²) in [5, 5.41) is 9.80. The monoisotopic (exact) mass is 253 g/mol. The number of aliphatic carboxylic acids is 1. The van der Waals surface area contributed by atoms with E-state index in [-0.39, 0.29) is 12.5 Å². The quantitative estimate of drug-likeness (QED) is 0.887. The summed E-state index contributed by atoms with van der Waals surface area (Å²) in [7, 11) is 0. The zero-order valence-corrected chi connectivity index (χ0v) is 10.3. The van der Waals surface area contributed by atoms with E-state index in [9.17, 15) is 4.79 Å². The van der Waals surface area contributed by atoms with E-state index in [4.69, 9.17) is 5.11 Å². The minimum atomic E-state index is -0.728. The fraction of sp³-hybridized carbons (Fsp3) is 0.727. The van der Waals surface area contributed by atoms with Gasteiger partial charge in [0, 0.05) is 30.0 Å². The Bertz CT molecular complexity index is 430. The van der Waals surface area contributed by atoms with Gasteiger partial charge in [0.05, 0.1) is 6.42 Å². The number of hydrogen-bond donors (Lipinski definition) is 1. The zero-order chi connectivity index (χ0) is 11.8. The minimum Gasteiger partial charge on any atom is -0.481 e. The van der Waals surface area contributed by atoms with Crippen molar-refractivity contribution in [3.05, 3.63) is 5.82 Å². The van der Waals surface area contributed by atoms with E-state index < -0.39 is 5.97 Å². The minimum absolute atomic E-state index is 0.104. The second kappa shape index (κ2) is 4.25. The molecule has 2 fully saturated rings. The van der Waals surface area contributed by atoms with Crippen molar-refractivity contribution in [2.45, 2.75) is 44.1 Å². The predicted octanol–water partition coefficient (Wildman–Crippen LogP) is 1.86. The van der Waals surface area contributed by atoms with Gasteiger partial charge in [-0.2, -0.15) is 4.37 Å². The lowest BCUT2D eigenvalue weighted by Crippen LogP contribution is -2.31. The number of carbonyl (C=O) groups is 1. The molecule has 5 nitrogen and oxygen atoms in total. The van der Waals surface area contributed by atoms with Crippen LogP contribution in [0.3, 0.4) is 0 Å². The molecule has 6 heteroatoms. The highest BCUT2D eigenvalue weighted by Gasteiger charge is 2.32. The van der Waals surface area contributed by atoms with Crippen molar-refractivity contribution in [2.75, 3.05) is 11.4 Å². The van der Waals surface area contributed by atoms with E-state index in [0.29, 0.717) is 5.92 Å². The molecular formula is C11H15N3O2S. The molecule has 1 N–H and O–H groups in total. The Balaban J connectivity index is 1.74. The lowest BCUT2D eigenvalue weighted by molar-refractivity contribution is -0.137. The molecule has 0 radical (unpaired) electrons. The Morgan fingerprint density at radius 3 is 3.00 bits per heavy atom. The SMILES string of the molecule is O=C(O)CC1CCCN1c1nc(C2CC2)ns1. The molecule has 1 saturated heterocycles. The number of aromatic nitrogens is 2. The zero-order valence-electron chi connectivity index (χ0n) is 9.50. The summed E-state index contributed by atoms with van der Waals surface area (Å²) in [6, 6.07) is 0.104. The van der Waals surface area contributed by atoms with E-state index >= 15 is 0 Å². The molecule has 2 aliphatic rings. The molecule has 0 bridgehead atoms. The van der Waals surface area contributed by atoms with Gasteiger partial charge in [-0.3, -0.25) is 4.79 Å². The molecule has 1 atom stereocenters. The van der Waals surface area contributed by atoms with Crippen LogP contribution in [0.15, 0.2) is 0 Å². The van der Waals surface area contributed by atoms with Crippen molar-refractivity contribution < 1.29 is 9.90 Å². The van der Waals surface area contributed by atoms with Gasteiger partial charge in [0.25, 0.3) is 0 Å². The highest BCUT2D eigenvalue weighted by Crippen LogP contribution is 2.40. The largest absolute Gasteiger partial charge is 0.481 e. The predicted molar refractivity (Wildman–Crippen MR) is 64.5 cm³/mol. The summed E-state index contributed by atoms with van der Waals surface area (Å²) in [5.41, 5.74) is 0. The Labute approximate surface area is 104 Å². The fourth-order valence-electron chi connectivity index (χ4n) is 2.35. The Morgan fingerprint density at radius 2 is 2.29 bits per heavy atom. The van der Waals surface area contributed by atoms with Gasteiger partial charge in [-0.15, -0.1) is 0 Å². The van der Waals surface area contributed by atoms with E-state index in [1.54, 1.807) is 0 Å². The first kappa shape index (κ1) is 11.0. The molecule has 2 heterocycles. The van der Waals surface area contributed by atoms with Gasteiger partial charge >= 0.3 is 5.97 Å². The van der Waals surface area contributed by atoms with Crippen LogP contribution in [-0.4, -0.2) is 33.0 Å². The topological polar surface area (TPSA) is 66.3 Å². The number of hydrogen-bond acceptors (Lipinski definition) is 5. The molecule has 0 spiro atoms. The van der Waals surface area contributed by atoms with Gasteiger partial charge in [-0.25, -0.2) is 4.98 Å². The molecule has 1 saturated carbocycles. The van der Waals surface area contributed by atoms with Crippen LogP contribution in [0.25, 0.3) is 0 Å². The molecule has 17 heavy (non-hydrogen) atoms. The molecule has 1 unspecified atom stereocenters. The lowest BCUT2D eigenvalue weighted by atomic mass is 10.1. The number of carboxylic acid groups (broad SMARTS) is 1. The van der Waals surface area contributed by atoms with Crippen LogP contribution in [0.2, 0.25) is 0 Å². The third kappa shape index (κ3) is 2.26. The highest BCUT2D eigenvalue weighted by molar-refractivity contribution is 7.09. The maximum Gasteiger partial charge on any atom is 0.305 e. The molecule has 0 amide bonds. The van der Waals surface area contributed by atoms with E-state index in [2.05, 4.69) is 14.3 Å². The highest BCUT2D eigenvalue weighted by atomic mass is 32.1. The summed E-state index contributed by atoms with van der Waals surface area (Å²) >= 11 is 1.42. The van der Waals surface area contributed by atoms with Gasteiger partial charge in [-0.1, -0.05) is 0 Å².